The molecule has 0 bridgehead atoms. The third kappa shape index (κ3) is 7.59. The third-order valence-electron chi connectivity index (χ3n) is 4.65. The second-order valence-corrected chi connectivity index (χ2v) is 6.55. The standard InChI is InChI=1S/C18H36N2O2/c1-4-11-19(12-5-2)13-6-7-17-8-14-20(15-9-17)18(21)10-16-22-3/h17H,4-16H2,1-3H3. The van der Waals surface area contributed by atoms with Gasteiger partial charge < -0.3 is 14.5 Å². The maximum Gasteiger partial charge on any atom is 0.224 e. The molecule has 0 radical (unpaired) electrons. The summed E-state index contributed by atoms with van der Waals surface area (Å²) in [5.41, 5.74) is 0. The number of rotatable bonds is 11. The molecule has 0 aromatic heterocycles. The average Bonchev–Trinajstić information content (AvgIpc) is 2.53. The number of likely N-dealkylation sites (tertiary alicyclic amines) is 1. The highest BCUT2D eigenvalue weighted by molar-refractivity contribution is 5.76. The number of carbonyl (C=O) groups is 1. The molecule has 4 heteroatoms. The minimum Gasteiger partial charge on any atom is -0.384 e. The van der Waals surface area contributed by atoms with Gasteiger partial charge in [-0.25, -0.2) is 0 Å². The zero-order valence-electron chi connectivity index (χ0n) is 15.0. The molecular formula is C18H36N2O2. The van der Waals surface area contributed by atoms with E-state index in [1.165, 1.54) is 58.2 Å². The summed E-state index contributed by atoms with van der Waals surface area (Å²) in [6.07, 6.45) is 8.03. The minimum atomic E-state index is 0.261. The quantitative estimate of drug-likeness (QED) is 0.587. The molecule has 1 amide bonds. The van der Waals surface area contributed by atoms with Crippen molar-refractivity contribution in [2.45, 2.75) is 58.8 Å². The van der Waals surface area contributed by atoms with Crippen LogP contribution < -0.4 is 0 Å². The Hall–Kier alpha value is -0.610. The van der Waals surface area contributed by atoms with Gasteiger partial charge in [-0.15, -0.1) is 0 Å². The highest BCUT2D eigenvalue weighted by atomic mass is 16.5. The Bertz CT molecular complexity index is 283. The van der Waals surface area contributed by atoms with Gasteiger partial charge in [0.05, 0.1) is 13.0 Å². The number of methoxy groups -OCH3 is 1. The normalized spacial score (nSPS) is 16.5. The average molecular weight is 312 g/mol. The predicted molar refractivity (Wildman–Crippen MR) is 92.1 cm³/mol. The fourth-order valence-electron chi connectivity index (χ4n) is 3.39. The first-order valence-electron chi connectivity index (χ1n) is 9.20. The van der Waals surface area contributed by atoms with Crippen LogP contribution in [-0.2, 0) is 9.53 Å². The highest BCUT2D eigenvalue weighted by Gasteiger charge is 2.22. The molecule has 22 heavy (non-hydrogen) atoms. The lowest BCUT2D eigenvalue weighted by molar-refractivity contribution is -0.133. The summed E-state index contributed by atoms with van der Waals surface area (Å²) in [7, 11) is 1.65. The largest absolute Gasteiger partial charge is 0.384 e. The van der Waals surface area contributed by atoms with E-state index in [9.17, 15) is 4.79 Å². The van der Waals surface area contributed by atoms with Crippen LogP contribution in [-0.4, -0.2) is 62.1 Å². The van der Waals surface area contributed by atoms with Crippen LogP contribution in [0.3, 0.4) is 0 Å². The molecule has 0 saturated carbocycles. The molecule has 0 spiro atoms. The predicted octanol–water partition coefficient (Wildman–Crippen LogP) is 3.16. The molecule has 1 fully saturated rings. The Balaban J connectivity index is 2.15. The van der Waals surface area contributed by atoms with Crippen LogP contribution in [0.4, 0.5) is 0 Å². The summed E-state index contributed by atoms with van der Waals surface area (Å²) in [5, 5.41) is 0. The van der Waals surface area contributed by atoms with E-state index >= 15 is 0 Å². The van der Waals surface area contributed by atoms with E-state index in [0.29, 0.717) is 13.0 Å². The summed E-state index contributed by atoms with van der Waals surface area (Å²) in [6.45, 7) is 10.7. The van der Waals surface area contributed by atoms with Crippen LogP contribution in [0.5, 0.6) is 0 Å². The van der Waals surface area contributed by atoms with Crippen LogP contribution in [0.2, 0.25) is 0 Å². The SMILES string of the molecule is CCCN(CCC)CCCC1CCN(C(=O)CCOC)CC1. The molecule has 0 unspecified atom stereocenters. The van der Waals surface area contributed by atoms with E-state index in [0.717, 1.165) is 19.0 Å². The van der Waals surface area contributed by atoms with Gasteiger partial charge in [0.25, 0.3) is 0 Å². The summed E-state index contributed by atoms with van der Waals surface area (Å²) in [4.78, 5) is 16.6. The molecule has 4 nitrogen and oxygen atoms in total. The van der Waals surface area contributed by atoms with Gasteiger partial charge in [0.2, 0.25) is 5.91 Å². The summed E-state index contributed by atoms with van der Waals surface area (Å²) < 4.78 is 4.99. The van der Waals surface area contributed by atoms with Crippen molar-refractivity contribution < 1.29 is 9.53 Å². The summed E-state index contributed by atoms with van der Waals surface area (Å²) in [5.74, 6) is 1.08. The Kier molecular flexibility index (Phi) is 10.5. The number of piperidine rings is 1. The van der Waals surface area contributed by atoms with Gasteiger partial charge in [-0.05, 0) is 64.1 Å². The number of hydrogen-bond acceptors (Lipinski definition) is 3. The molecule has 1 aliphatic heterocycles. The van der Waals surface area contributed by atoms with Gasteiger partial charge >= 0.3 is 0 Å². The van der Waals surface area contributed by atoms with E-state index in [1.54, 1.807) is 7.11 Å². The van der Waals surface area contributed by atoms with Gasteiger partial charge in [0.1, 0.15) is 0 Å². The van der Waals surface area contributed by atoms with Gasteiger partial charge in [-0.2, -0.15) is 0 Å². The Labute approximate surface area is 137 Å². The van der Waals surface area contributed by atoms with Crippen molar-refractivity contribution in [3.8, 4) is 0 Å². The fraction of sp³-hybridized carbons (Fsp3) is 0.944. The molecule has 1 heterocycles. The number of carbonyl (C=O) groups excluding carboxylic acids is 1. The maximum absolute atomic E-state index is 12.0. The Morgan fingerprint density at radius 2 is 1.77 bits per heavy atom. The molecular weight excluding hydrogens is 276 g/mol. The van der Waals surface area contributed by atoms with Crippen molar-refractivity contribution in [3.05, 3.63) is 0 Å². The van der Waals surface area contributed by atoms with Crippen molar-refractivity contribution in [2.24, 2.45) is 5.92 Å². The first-order valence-corrected chi connectivity index (χ1v) is 9.20. The highest BCUT2D eigenvalue weighted by Crippen LogP contribution is 2.22. The first kappa shape index (κ1) is 19.4. The number of amides is 1. The minimum absolute atomic E-state index is 0.261. The van der Waals surface area contributed by atoms with Crippen LogP contribution in [0.25, 0.3) is 0 Å². The van der Waals surface area contributed by atoms with Crippen LogP contribution in [0, 0.1) is 5.92 Å². The van der Waals surface area contributed by atoms with Crippen molar-refractivity contribution in [1.82, 2.24) is 9.80 Å². The molecule has 1 rings (SSSR count). The lowest BCUT2D eigenvalue weighted by Crippen LogP contribution is -2.39. The first-order chi connectivity index (χ1) is 10.7. The number of ether oxygens (including phenoxy) is 1. The smallest absolute Gasteiger partial charge is 0.224 e. The summed E-state index contributed by atoms with van der Waals surface area (Å²) >= 11 is 0. The van der Waals surface area contributed by atoms with Crippen LogP contribution >= 0.6 is 0 Å². The molecule has 1 aliphatic rings. The molecule has 1 saturated heterocycles. The van der Waals surface area contributed by atoms with Gasteiger partial charge in [0.15, 0.2) is 0 Å². The molecule has 0 aromatic carbocycles. The number of hydrogen-bond donors (Lipinski definition) is 0. The van der Waals surface area contributed by atoms with Crippen molar-refractivity contribution >= 4 is 5.91 Å². The zero-order chi connectivity index (χ0) is 16.2. The van der Waals surface area contributed by atoms with Crippen LogP contribution in [0.1, 0.15) is 58.8 Å². The van der Waals surface area contributed by atoms with Gasteiger partial charge in [-0.1, -0.05) is 13.8 Å². The third-order valence-corrected chi connectivity index (χ3v) is 4.65. The monoisotopic (exact) mass is 312 g/mol. The lowest BCUT2D eigenvalue weighted by atomic mass is 9.92. The van der Waals surface area contributed by atoms with E-state index in [2.05, 4.69) is 18.7 Å². The Morgan fingerprint density at radius 3 is 2.32 bits per heavy atom. The molecule has 0 N–H and O–H groups in total. The second kappa shape index (κ2) is 11.9. The molecule has 0 aromatic rings. The molecule has 0 atom stereocenters. The fourth-order valence-corrected chi connectivity index (χ4v) is 3.39. The van der Waals surface area contributed by atoms with Gasteiger partial charge in [-0.3, -0.25) is 4.79 Å². The van der Waals surface area contributed by atoms with Gasteiger partial charge in [0, 0.05) is 20.2 Å². The summed E-state index contributed by atoms with van der Waals surface area (Å²) in [6, 6.07) is 0. The van der Waals surface area contributed by atoms with Crippen molar-refractivity contribution in [2.75, 3.05) is 46.4 Å². The molecule has 0 aliphatic carbocycles. The van der Waals surface area contributed by atoms with E-state index in [-0.39, 0.29) is 5.91 Å². The van der Waals surface area contributed by atoms with E-state index in [4.69, 9.17) is 4.74 Å². The second-order valence-electron chi connectivity index (χ2n) is 6.55. The lowest BCUT2D eigenvalue weighted by Gasteiger charge is -2.32. The maximum atomic E-state index is 12.0. The molecule has 130 valence electrons. The van der Waals surface area contributed by atoms with E-state index in [1.807, 2.05) is 4.90 Å². The zero-order valence-corrected chi connectivity index (χ0v) is 15.0. The van der Waals surface area contributed by atoms with Crippen molar-refractivity contribution in [3.63, 3.8) is 0 Å². The number of nitrogens with zero attached hydrogens (tertiary/aromatic N) is 2. The van der Waals surface area contributed by atoms with E-state index < -0.39 is 0 Å². The Morgan fingerprint density at radius 1 is 1.14 bits per heavy atom. The topological polar surface area (TPSA) is 32.8 Å². The van der Waals surface area contributed by atoms with Crippen LogP contribution in [0.15, 0.2) is 0 Å². The van der Waals surface area contributed by atoms with Crippen molar-refractivity contribution in [1.29, 1.82) is 0 Å².